The van der Waals surface area contributed by atoms with Crippen LogP contribution in [0.1, 0.15) is 18.4 Å². The van der Waals surface area contributed by atoms with Gasteiger partial charge in [0.1, 0.15) is 0 Å². The number of hydrogen-bond acceptors (Lipinski definition) is 5. The molecule has 2 heterocycles. The lowest BCUT2D eigenvalue weighted by Gasteiger charge is -2.19. The van der Waals surface area contributed by atoms with Crippen molar-refractivity contribution in [1.82, 2.24) is 10.3 Å². The van der Waals surface area contributed by atoms with E-state index in [0.717, 1.165) is 12.0 Å². The fraction of sp³-hybridized carbons (Fsp3) is 0.571. The molecule has 1 saturated heterocycles. The highest BCUT2D eigenvalue weighted by Crippen LogP contribution is 2.19. The van der Waals surface area contributed by atoms with Crippen LogP contribution in [0.15, 0.2) is 24.5 Å². The highest BCUT2D eigenvalue weighted by Gasteiger charge is 2.29. The van der Waals surface area contributed by atoms with Gasteiger partial charge < -0.3 is 10.1 Å². The van der Waals surface area contributed by atoms with Crippen molar-refractivity contribution in [3.63, 3.8) is 0 Å². The molecular weight excluding hydrogens is 306 g/mol. The van der Waals surface area contributed by atoms with Crippen molar-refractivity contribution < 1.29 is 17.9 Å². The number of hydrogen-bond donors (Lipinski definition) is 2. The largest absolute Gasteiger partial charge is 0.379 e. The molecular formula is C14H21N3O4S. The minimum atomic E-state index is -3.51. The topological polar surface area (TPSA) is 111 Å². The number of primary sulfonamides is 1. The van der Waals surface area contributed by atoms with E-state index in [1.54, 1.807) is 12.4 Å². The monoisotopic (exact) mass is 327 g/mol. The lowest BCUT2D eigenvalue weighted by molar-refractivity contribution is -0.122. The van der Waals surface area contributed by atoms with E-state index in [-0.39, 0.29) is 36.5 Å². The Labute approximate surface area is 130 Å². The molecule has 1 aliphatic heterocycles. The second kappa shape index (κ2) is 7.66. The summed E-state index contributed by atoms with van der Waals surface area (Å²) in [4.78, 5) is 15.9. The minimum Gasteiger partial charge on any atom is -0.379 e. The zero-order valence-corrected chi connectivity index (χ0v) is 13.1. The van der Waals surface area contributed by atoms with Crippen LogP contribution in [0.5, 0.6) is 0 Å². The summed E-state index contributed by atoms with van der Waals surface area (Å²) in [5.74, 6) is -0.134. The molecule has 0 spiro atoms. The Hall–Kier alpha value is -1.51. The maximum absolute atomic E-state index is 11.9. The van der Waals surface area contributed by atoms with E-state index >= 15 is 0 Å². The van der Waals surface area contributed by atoms with E-state index in [2.05, 4.69) is 10.3 Å². The van der Waals surface area contributed by atoms with Crippen molar-refractivity contribution >= 4 is 15.9 Å². The van der Waals surface area contributed by atoms with Crippen LogP contribution in [-0.4, -0.2) is 44.3 Å². The van der Waals surface area contributed by atoms with Crippen LogP contribution in [0.3, 0.4) is 0 Å². The van der Waals surface area contributed by atoms with Crippen molar-refractivity contribution in [3.05, 3.63) is 30.1 Å². The first-order valence-electron chi connectivity index (χ1n) is 7.20. The number of ether oxygens (including phenoxy) is 1. The van der Waals surface area contributed by atoms with Crippen molar-refractivity contribution in [2.75, 3.05) is 19.0 Å². The SMILES string of the molecule is NS(=O)(=O)CCCC(=O)N[C@@H]1COC[C@H]1Cc1ccncc1. The van der Waals surface area contributed by atoms with Crippen LogP contribution in [0.2, 0.25) is 0 Å². The molecule has 1 aromatic heterocycles. The van der Waals surface area contributed by atoms with Gasteiger partial charge >= 0.3 is 0 Å². The first kappa shape index (κ1) is 16.9. The third-order valence-electron chi connectivity index (χ3n) is 3.62. The second-order valence-corrected chi connectivity index (χ2v) is 7.24. The molecule has 1 aliphatic rings. The summed E-state index contributed by atoms with van der Waals surface area (Å²) in [6.07, 6.45) is 4.67. The Morgan fingerprint density at radius 1 is 1.36 bits per heavy atom. The quantitative estimate of drug-likeness (QED) is 0.722. The van der Waals surface area contributed by atoms with Crippen molar-refractivity contribution in [2.45, 2.75) is 25.3 Å². The molecule has 2 rings (SSSR count). The van der Waals surface area contributed by atoms with E-state index in [9.17, 15) is 13.2 Å². The molecule has 1 aromatic rings. The molecule has 1 amide bonds. The molecule has 0 saturated carbocycles. The lowest BCUT2D eigenvalue weighted by Crippen LogP contribution is -2.40. The normalized spacial score (nSPS) is 21.7. The Bertz CT molecular complexity index is 591. The standard InChI is InChI=1S/C14H21N3O4S/c15-22(19,20)7-1-2-14(18)17-13-10-21-9-12(13)8-11-3-5-16-6-4-11/h3-6,12-13H,1-2,7-10H2,(H,17,18)(H2,15,19,20)/t12-,13-/m1/s1. The third kappa shape index (κ3) is 5.70. The molecule has 2 atom stereocenters. The summed E-state index contributed by atoms with van der Waals surface area (Å²) >= 11 is 0. The van der Waals surface area contributed by atoms with Crippen LogP contribution in [0, 0.1) is 5.92 Å². The van der Waals surface area contributed by atoms with Crippen LogP contribution in [0.25, 0.3) is 0 Å². The zero-order chi connectivity index (χ0) is 16.0. The maximum atomic E-state index is 11.9. The number of carbonyl (C=O) groups excluding carboxylic acids is 1. The summed E-state index contributed by atoms with van der Waals surface area (Å²) in [5, 5.41) is 7.83. The highest BCUT2D eigenvalue weighted by molar-refractivity contribution is 7.89. The Morgan fingerprint density at radius 2 is 2.09 bits per heavy atom. The molecule has 0 bridgehead atoms. The highest BCUT2D eigenvalue weighted by atomic mass is 32.2. The van der Waals surface area contributed by atoms with Gasteiger partial charge in [0.2, 0.25) is 15.9 Å². The van der Waals surface area contributed by atoms with E-state index in [0.29, 0.717) is 13.2 Å². The molecule has 1 fully saturated rings. The lowest BCUT2D eigenvalue weighted by atomic mass is 9.95. The number of pyridine rings is 1. The van der Waals surface area contributed by atoms with Crippen LogP contribution >= 0.6 is 0 Å². The van der Waals surface area contributed by atoms with Gasteiger partial charge in [-0.1, -0.05) is 0 Å². The van der Waals surface area contributed by atoms with E-state index in [1.807, 2.05) is 12.1 Å². The van der Waals surface area contributed by atoms with Crippen LogP contribution in [-0.2, 0) is 26.0 Å². The molecule has 3 N–H and O–H groups in total. The Morgan fingerprint density at radius 3 is 2.77 bits per heavy atom. The van der Waals surface area contributed by atoms with Gasteiger partial charge in [0.05, 0.1) is 25.0 Å². The molecule has 8 heteroatoms. The average Bonchev–Trinajstić information content (AvgIpc) is 2.85. The number of amides is 1. The number of carbonyl (C=O) groups is 1. The molecule has 7 nitrogen and oxygen atoms in total. The smallest absolute Gasteiger partial charge is 0.220 e. The first-order valence-corrected chi connectivity index (χ1v) is 8.92. The number of nitrogens with two attached hydrogens (primary N) is 1. The van der Waals surface area contributed by atoms with E-state index in [1.165, 1.54) is 0 Å². The van der Waals surface area contributed by atoms with Gasteiger partial charge in [-0.3, -0.25) is 9.78 Å². The first-order chi connectivity index (χ1) is 10.4. The summed E-state index contributed by atoms with van der Waals surface area (Å²) in [5.41, 5.74) is 1.15. The summed E-state index contributed by atoms with van der Waals surface area (Å²) < 4.78 is 27.1. The molecule has 0 aromatic carbocycles. The number of rotatable bonds is 7. The van der Waals surface area contributed by atoms with Crippen molar-refractivity contribution in [2.24, 2.45) is 11.1 Å². The molecule has 0 aliphatic carbocycles. The molecule has 22 heavy (non-hydrogen) atoms. The fourth-order valence-electron chi connectivity index (χ4n) is 2.49. The zero-order valence-electron chi connectivity index (χ0n) is 12.3. The van der Waals surface area contributed by atoms with Gasteiger partial charge in [-0.25, -0.2) is 13.6 Å². The second-order valence-electron chi connectivity index (χ2n) is 5.50. The summed E-state index contributed by atoms with van der Waals surface area (Å²) in [6.45, 7) is 1.08. The molecule has 0 unspecified atom stereocenters. The van der Waals surface area contributed by atoms with Crippen LogP contribution < -0.4 is 10.5 Å². The predicted octanol–water partition coefficient (Wildman–Crippen LogP) is -0.176. The number of sulfonamides is 1. The third-order valence-corrected chi connectivity index (χ3v) is 4.48. The van der Waals surface area contributed by atoms with E-state index < -0.39 is 10.0 Å². The van der Waals surface area contributed by atoms with Gasteiger partial charge in [-0.2, -0.15) is 0 Å². The van der Waals surface area contributed by atoms with Crippen molar-refractivity contribution in [1.29, 1.82) is 0 Å². The van der Waals surface area contributed by atoms with Crippen molar-refractivity contribution in [3.8, 4) is 0 Å². The number of nitrogens with zero attached hydrogens (tertiary/aromatic N) is 1. The summed E-state index contributed by atoms with van der Waals surface area (Å²) in [7, 11) is -3.51. The Balaban J connectivity index is 1.79. The molecule has 122 valence electrons. The molecule has 0 radical (unpaired) electrons. The van der Waals surface area contributed by atoms with Crippen LogP contribution in [0.4, 0.5) is 0 Å². The van der Waals surface area contributed by atoms with Gasteiger partial charge in [0.15, 0.2) is 0 Å². The minimum absolute atomic E-state index is 0.0462. The fourth-order valence-corrected chi connectivity index (χ4v) is 3.04. The number of aromatic nitrogens is 1. The van der Waals surface area contributed by atoms with Gasteiger partial charge in [0, 0.05) is 24.7 Å². The maximum Gasteiger partial charge on any atom is 0.220 e. The summed E-state index contributed by atoms with van der Waals surface area (Å²) in [6, 6.07) is 3.85. The average molecular weight is 327 g/mol. The Kier molecular flexibility index (Phi) is 5.87. The van der Waals surface area contributed by atoms with Gasteiger partial charge in [-0.05, 0) is 30.5 Å². The van der Waals surface area contributed by atoms with Gasteiger partial charge in [-0.15, -0.1) is 0 Å². The number of nitrogens with one attached hydrogen (secondary N) is 1. The predicted molar refractivity (Wildman–Crippen MR) is 81.4 cm³/mol. The van der Waals surface area contributed by atoms with Gasteiger partial charge in [0.25, 0.3) is 0 Å². The van der Waals surface area contributed by atoms with E-state index in [4.69, 9.17) is 9.88 Å².